The van der Waals surface area contributed by atoms with Crippen molar-refractivity contribution < 1.29 is 0 Å². The lowest BCUT2D eigenvalue weighted by Crippen LogP contribution is -1.92. The van der Waals surface area contributed by atoms with Crippen LogP contribution in [0.5, 0.6) is 0 Å². The molecule has 4 heteroatoms. The number of hydrogen-bond donors (Lipinski definition) is 0. The van der Waals surface area contributed by atoms with Crippen LogP contribution in [0.1, 0.15) is 19.0 Å². The van der Waals surface area contributed by atoms with Gasteiger partial charge in [-0.05, 0) is 24.6 Å². The molecule has 0 atom stereocenters. The Labute approximate surface area is 109 Å². The molecule has 0 aliphatic carbocycles. The van der Waals surface area contributed by atoms with Crippen molar-refractivity contribution in [3.8, 4) is 0 Å². The van der Waals surface area contributed by atoms with Crippen molar-refractivity contribution in [2.24, 2.45) is 0 Å². The van der Waals surface area contributed by atoms with E-state index in [9.17, 15) is 0 Å². The molecule has 0 saturated heterocycles. The topological polar surface area (TPSA) is 12.9 Å². The summed E-state index contributed by atoms with van der Waals surface area (Å²) in [5.41, 5.74) is 1.63. The minimum Gasteiger partial charge on any atom is -0.251 e. The largest absolute Gasteiger partial charge is 0.251 e. The predicted molar refractivity (Wildman–Crippen MR) is 70.8 cm³/mol. The van der Waals surface area contributed by atoms with E-state index in [-0.39, 0.29) is 0 Å². The van der Waals surface area contributed by atoms with Crippen LogP contribution >= 0.6 is 34.8 Å². The van der Waals surface area contributed by atoms with Gasteiger partial charge in [-0.3, -0.25) is 4.98 Å². The molecule has 0 unspecified atom stereocenters. The number of halogens is 3. The van der Waals surface area contributed by atoms with Gasteiger partial charge in [-0.2, -0.15) is 0 Å². The average molecular weight is 275 g/mol. The summed E-state index contributed by atoms with van der Waals surface area (Å²) in [4.78, 5) is 4.49. The summed E-state index contributed by atoms with van der Waals surface area (Å²) in [5.74, 6) is 0. The maximum Gasteiger partial charge on any atom is 0.0921 e. The Kier molecular flexibility index (Phi) is 3.58. The quantitative estimate of drug-likeness (QED) is 0.738. The highest BCUT2D eigenvalue weighted by Crippen LogP contribution is 2.34. The van der Waals surface area contributed by atoms with Crippen LogP contribution in [0.15, 0.2) is 18.2 Å². The Morgan fingerprint density at radius 1 is 1.06 bits per heavy atom. The molecule has 0 aliphatic rings. The summed E-state index contributed by atoms with van der Waals surface area (Å²) in [6.45, 7) is 2.10. The van der Waals surface area contributed by atoms with Crippen molar-refractivity contribution >= 4 is 45.7 Å². The Morgan fingerprint density at radius 2 is 1.75 bits per heavy atom. The molecule has 2 aromatic rings. The lowest BCUT2D eigenvalue weighted by atomic mass is 10.1. The van der Waals surface area contributed by atoms with Crippen LogP contribution in [0.3, 0.4) is 0 Å². The molecular weight excluding hydrogens is 264 g/mol. The second-order valence-electron chi connectivity index (χ2n) is 3.60. The fourth-order valence-electron chi connectivity index (χ4n) is 1.66. The molecule has 84 valence electrons. The molecule has 1 aromatic carbocycles. The average Bonchev–Trinajstić information content (AvgIpc) is 2.23. The highest BCUT2D eigenvalue weighted by molar-refractivity contribution is 6.44. The van der Waals surface area contributed by atoms with Crippen molar-refractivity contribution in [1.29, 1.82) is 0 Å². The standard InChI is InChI=1S/C12H10Cl3N/c1-2-3-7-6-10(15)11-8(13)4-5-9(14)12(11)16-7/h4-6H,2-3H2,1H3. The summed E-state index contributed by atoms with van der Waals surface area (Å²) in [7, 11) is 0. The van der Waals surface area contributed by atoms with Gasteiger partial charge in [0.2, 0.25) is 0 Å². The van der Waals surface area contributed by atoms with E-state index in [2.05, 4.69) is 11.9 Å². The van der Waals surface area contributed by atoms with Gasteiger partial charge in [0.1, 0.15) is 0 Å². The summed E-state index contributed by atoms with van der Waals surface area (Å²) in [6.07, 6.45) is 1.91. The molecule has 16 heavy (non-hydrogen) atoms. The van der Waals surface area contributed by atoms with Gasteiger partial charge >= 0.3 is 0 Å². The summed E-state index contributed by atoms with van der Waals surface area (Å²) >= 11 is 18.4. The van der Waals surface area contributed by atoms with Gasteiger partial charge in [-0.1, -0.05) is 48.1 Å². The van der Waals surface area contributed by atoms with Crippen molar-refractivity contribution in [2.75, 3.05) is 0 Å². The Hall–Kier alpha value is -0.500. The van der Waals surface area contributed by atoms with E-state index in [1.807, 2.05) is 6.07 Å². The molecule has 0 aliphatic heterocycles. The SMILES string of the molecule is CCCc1cc(Cl)c2c(Cl)ccc(Cl)c2n1. The number of rotatable bonds is 2. The number of aryl methyl sites for hydroxylation is 1. The first-order valence-corrected chi connectivity index (χ1v) is 6.20. The molecule has 0 amide bonds. The molecule has 0 spiro atoms. The third kappa shape index (κ3) is 2.13. The van der Waals surface area contributed by atoms with Gasteiger partial charge in [0.05, 0.1) is 20.6 Å². The Morgan fingerprint density at radius 3 is 2.44 bits per heavy atom. The molecule has 2 rings (SSSR count). The second kappa shape index (κ2) is 4.79. The van der Waals surface area contributed by atoms with Crippen LogP contribution in [0, 0.1) is 0 Å². The summed E-state index contributed by atoms with van der Waals surface area (Å²) in [5, 5.41) is 2.51. The van der Waals surface area contributed by atoms with E-state index in [4.69, 9.17) is 34.8 Å². The Bertz CT molecular complexity index is 537. The van der Waals surface area contributed by atoms with Crippen molar-refractivity contribution in [3.05, 3.63) is 39.0 Å². The lowest BCUT2D eigenvalue weighted by molar-refractivity contribution is 0.890. The van der Waals surface area contributed by atoms with E-state index < -0.39 is 0 Å². The van der Waals surface area contributed by atoms with Crippen molar-refractivity contribution in [2.45, 2.75) is 19.8 Å². The molecule has 0 fully saturated rings. The van der Waals surface area contributed by atoms with E-state index in [0.29, 0.717) is 20.6 Å². The van der Waals surface area contributed by atoms with Crippen LogP contribution in [-0.2, 0) is 6.42 Å². The van der Waals surface area contributed by atoms with E-state index in [1.165, 1.54) is 0 Å². The van der Waals surface area contributed by atoms with Crippen molar-refractivity contribution in [3.63, 3.8) is 0 Å². The molecule has 1 aromatic heterocycles. The normalized spacial score (nSPS) is 11.0. The van der Waals surface area contributed by atoms with Gasteiger partial charge < -0.3 is 0 Å². The first-order valence-electron chi connectivity index (χ1n) is 5.06. The van der Waals surface area contributed by atoms with Crippen LogP contribution in [0.4, 0.5) is 0 Å². The van der Waals surface area contributed by atoms with Gasteiger partial charge in [0.15, 0.2) is 0 Å². The molecule has 0 bridgehead atoms. The van der Waals surface area contributed by atoms with Gasteiger partial charge in [0.25, 0.3) is 0 Å². The van der Waals surface area contributed by atoms with Crippen molar-refractivity contribution in [1.82, 2.24) is 4.98 Å². The molecule has 0 N–H and O–H groups in total. The highest BCUT2D eigenvalue weighted by Gasteiger charge is 2.10. The van der Waals surface area contributed by atoms with Crippen LogP contribution in [0.2, 0.25) is 15.1 Å². The smallest absolute Gasteiger partial charge is 0.0921 e. The molecular formula is C12H10Cl3N. The maximum atomic E-state index is 6.19. The highest BCUT2D eigenvalue weighted by atomic mass is 35.5. The number of fused-ring (bicyclic) bond motifs is 1. The predicted octanol–water partition coefficient (Wildman–Crippen LogP) is 5.15. The fourth-order valence-corrected chi connectivity index (χ4v) is 2.48. The maximum absolute atomic E-state index is 6.19. The van der Waals surface area contributed by atoms with Gasteiger partial charge in [0, 0.05) is 11.1 Å². The minimum absolute atomic E-state index is 0.583. The number of nitrogens with zero attached hydrogens (tertiary/aromatic N) is 1. The number of pyridine rings is 1. The molecule has 1 heterocycles. The zero-order valence-electron chi connectivity index (χ0n) is 8.73. The van der Waals surface area contributed by atoms with E-state index in [1.54, 1.807) is 12.1 Å². The van der Waals surface area contributed by atoms with Crippen LogP contribution in [-0.4, -0.2) is 4.98 Å². The van der Waals surface area contributed by atoms with Crippen LogP contribution in [0.25, 0.3) is 10.9 Å². The third-order valence-electron chi connectivity index (χ3n) is 2.37. The summed E-state index contributed by atoms with van der Waals surface area (Å²) in [6, 6.07) is 5.33. The number of aromatic nitrogens is 1. The lowest BCUT2D eigenvalue weighted by Gasteiger charge is -2.07. The fraction of sp³-hybridized carbons (Fsp3) is 0.250. The number of benzene rings is 1. The third-order valence-corrected chi connectivity index (χ3v) is 3.29. The van der Waals surface area contributed by atoms with Crippen LogP contribution < -0.4 is 0 Å². The Balaban J connectivity index is 2.76. The number of hydrogen-bond acceptors (Lipinski definition) is 1. The molecule has 1 nitrogen and oxygen atoms in total. The van der Waals surface area contributed by atoms with E-state index in [0.717, 1.165) is 23.9 Å². The van der Waals surface area contributed by atoms with Gasteiger partial charge in [-0.25, -0.2) is 0 Å². The minimum atomic E-state index is 0.583. The first-order chi connectivity index (χ1) is 7.63. The van der Waals surface area contributed by atoms with E-state index >= 15 is 0 Å². The molecule has 0 radical (unpaired) electrons. The van der Waals surface area contributed by atoms with Gasteiger partial charge in [-0.15, -0.1) is 0 Å². The molecule has 0 saturated carbocycles. The second-order valence-corrected chi connectivity index (χ2v) is 4.82. The monoisotopic (exact) mass is 273 g/mol. The summed E-state index contributed by atoms with van der Waals surface area (Å²) < 4.78 is 0. The zero-order valence-corrected chi connectivity index (χ0v) is 11.0. The first kappa shape index (κ1) is 12.0. The zero-order chi connectivity index (χ0) is 11.7.